The number of imide groups is 1. The smallest absolute Gasteiger partial charge is 0.255 e. The van der Waals surface area contributed by atoms with Gasteiger partial charge in [0, 0.05) is 37.2 Å². The number of likely N-dealkylation sites (tertiary alicyclic amines) is 1. The van der Waals surface area contributed by atoms with Crippen LogP contribution in [-0.4, -0.2) is 81.7 Å². The lowest BCUT2D eigenvalue weighted by atomic mass is 10.0. The van der Waals surface area contributed by atoms with E-state index in [2.05, 4.69) is 5.32 Å². The minimum Gasteiger partial charge on any atom is -0.504 e. The van der Waals surface area contributed by atoms with Crippen LogP contribution in [0.5, 0.6) is 17.2 Å². The molecular weight excluding hydrogens is 525 g/mol. The van der Waals surface area contributed by atoms with Gasteiger partial charge in [-0.2, -0.15) is 0 Å². The Labute approximate surface area is 232 Å². The number of aromatic hydroxyl groups is 3. The van der Waals surface area contributed by atoms with Gasteiger partial charge in [0.15, 0.2) is 23.1 Å². The van der Waals surface area contributed by atoms with Crippen LogP contribution in [0.15, 0.2) is 35.6 Å². The molecule has 1 aromatic rings. The molecule has 0 aliphatic carbocycles. The first-order chi connectivity index (χ1) is 19.2. The molecule has 11 nitrogen and oxygen atoms in total. The fourth-order valence-corrected chi connectivity index (χ4v) is 4.60. The number of nitrogens with zero attached hydrogens (tertiary/aromatic N) is 2. The highest BCUT2D eigenvalue weighted by Gasteiger charge is 2.40. The van der Waals surface area contributed by atoms with E-state index in [0.29, 0.717) is 31.9 Å². The molecule has 4 N–H and O–H groups in total. The van der Waals surface area contributed by atoms with Crippen molar-refractivity contribution in [2.45, 2.75) is 52.8 Å². The molecule has 0 spiro atoms. The molecule has 3 fully saturated rings. The number of allylic oxidation sites excluding steroid dienone is 3. The van der Waals surface area contributed by atoms with Crippen LogP contribution < -0.4 is 5.32 Å². The Morgan fingerprint density at radius 2 is 1.75 bits per heavy atom. The molecule has 3 heterocycles. The highest BCUT2D eigenvalue weighted by atomic mass is 19.1. The number of rotatable bonds is 7. The van der Waals surface area contributed by atoms with Crippen molar-refractivity contribution in [3.05, 3.63) is 52.6 Å². The highest BCUT2D eigenvalue weighted by molar-refractivity contribution is 6.07. The maximum atomic E-state index is 15.0. The van der Waals surface area contributed by atoms with Crippen molar-refractivity contribution in [3.8, 4) is 17.2 Å². The number of nitrogens with one attached hydrogen (secondary N) is 1. The van der Waals surface area contributed by atoms with Gasteiger partial charge in [-0.3, -0.25) is 24.6 Å². The number of halogens is 1. The Bertz CT molecular complexity index is 1190. The standard InChI is InChI=1S/C26H30FN3O8.C2H6/c1-2-3-4-16-15(11-30(26(16)36)19-5-6-20(31)28-25(19)35)13-38-14-18-21(27)22(32)17(23(33)24(18)34)12-29-7-9-37-10-8-29;1-2/h2-4,13,19,32-34H,5-12,14H2,1H3,(H,28,31,35);1-2H3/b3-2-,15-13+,16-4+;. The molecular formula is C28H36FN3O8. The second-order valence-electron chi connectivity index (χ2n) is 9.17. The fourth-order valence-electron chi connectivity index (χ4n) is 4.60. The third-order valence-electron chi connectivity index (χ3n) is 6.71. The lowest BCUT2D eigenvalue weighted by Crippen LogP contribution is -2.52. The number of hydrogen-bond donors (Lipinski definition) is 4. The average molecular weight is 562 g/mol. The van der Waals surface area contributed by atoms with Crippen molar-refractivity contribution in [3.63, 3.8) is 0 Å². The van der Waals surface area contributed by atoms with Gasteiger partial charge in [-0.15, -0.1) is 0 Å². The molecule has 3 aliphatic heterocycles. The van der Waals surface area contributed by atoms with E-state index in [1.807, 2.05) is 18.7 Å². The number of piperidine rings is 1. The largest absolute Gasteiger partial charge is 0.504 e. The Morgan fingerprint density at radius 1 is 1.07 bits per heavy atom. The number of carbonyl (C=O) groups is 3. The molecule has 0 saturated carbocycles. The Balaban J connectivity index is 0.00000216. The van der Waals surface area contributed by atoms with Gasteiger partial charge in [-0.25, -0.2) is 4.39 Å². The van der Waals surface area contributed by atoms with E-state index in [9.17, 15) is 29.7 Å². The molecule has 3 amide bonds. The first-order valence-corrected chi connectivity index (χ1v) is 13.3. The van der Waals surface area contributed by atoms with Crippen LogP contribution in [0.1, 0.15) is 44.7 Å². The second-order valence-corrected chi connectivity index (χ2v) is 9.17. The van der Waals surface area contributed by atoms with Crippen LogP contribution >= 0.6 is 0 Å². The van der Waals surface area contributed by atoms with E-state index in [4.69, 9.17) is 9.47 Å². The number of morpholine rings is 1. The minimum absolute atomic E-state index is 0.0119. The van der Waals surface area contributed by atoms with Gasteiger partial charge in [0.25, 0.3) is 5.91 Å². The predicted octanol–water partition coefficient (Wildman–Crippen LogP) is 2.35. The zero-order chi connectivity index (χ0) is 29.4. The zero-order valence-corrected chi connectivity index (χ0v) is 22.9. The van der Waals surface area contributed by atoms with Crippen molar-refractivity contribution in [2.75, 3.05) is 32.8 Å². The molecule has 3 aliphatic rings. The normalized spacial score (nSPS) is 22.1. The van der Waals surface area contributed by atoms with Crippen molar-refractivity contribution in [2.24, 2.45) is 0 Å². The van der Waals surface area contributed by atoms with E-state index < -0.39 is 59.0 Å². The molecule has 0 bridgehead atoms. The summed E-state index contributed by atoms with van der Waals surface area (Å²) in [4.78, 5) is 40.1. The van der Waals surface area contributed by atoms with Gasteiger partial charge < -0.3 is 29.7 Å². The van der Waals surface area contributed by atoms with Gasteiger partial charge in [0.2, 0.25) is 11.8 Å². The topological polar surface area (TPSA) is 149 Å². The maximum absolute atomic E-state index is 15.0. The third-order valence-corrected chi connectivity index (χ3v) is 6.71. The molecule has 3 saturated heterocycles. The minimum atomic E-state index is -1.13. The monoisotopic (exact) mass is 561 g/mol. The van der Waals surface area contributed by atoms with Crippen molar-refractivity contribution < 1.29 is 43.6 Å². The van der Waals surface area contributed by atoms with Crippen LogP contribution in [0.3, 0.4) is 0 Å². The number of phenolic OH excluding ortho intramolecular Hbond substituents is 3. The van der Waals surface area contributed by atoms with Crippen molar-refractivity contribution in [1.29, 1.82) is 0 Å². The van der Waals surface area contributed by atoms with Gasteiger partial charge >= 0.3 is 0 Å². The number of amides is 3. The maximum Gasteiger partial charge on any atom is 0.255 e. The summed E-state index contributed by atoms with van der Waals surface area (Å²) in [6, 6.07) is -0.825. The second kappa shape index (κ2) is 13.9. The van der Waals surface area contributed by atoms with Crippen molar-refractivity contribution in [1.82, 2.24) is 15.1 Å². The summed E-state index contributed by atoms with van der Waals surface area (Å²) in [6.45, 7) is 7.22. The number of carbonyl (C=O) groups excluding carboxylic acids is 3. The lowest BCUT2D eigenvalue weighted by Gasteiger charge is -2.28. The van der Waals surface area contributed by atoms with Crippen LogP contribution in [-0.2, 0) is 37.0 Å². The fraction of sp³-hybridized carbons (Fsp3) is 0.464. The molecule has 0 aromatic heterocycles. The van der Waals surface area contributed by atoms with E-state index >= 15 is 4.39 Å². The quantitative estimate of drug-likeness (QED) is 0.129. The van der Waals surface area contributed by atoms with E-state index in [1.54, 1.807) is 25.2 Å². The van der Waals surface area contributed by atoms with Crippen LogP contribution in [0.25, 0.3) is 0 Å². The highest BCUT2D eigenvalue weighted by Crippen LogP contribution is 2.42. The summed E-state index contributed by atoms with van der Waals surface area (Å²) in [5.74, 6) is -4.69. The van der Waals surface area contributed by atoms with Gasteiger partial charge in [-0.05, 0) is 19.4 Å². The molecule has 0 radical (unpaired) electrons. The number of benzene rings is 1. The summed E-state index contributed by atoms with van der Waals surface area (Å²) in [5, 5.41) is 33.6. The van der Waals surface area contributed by atoms with Crippen molar-refractivity contribution >= 4 is 17.7 Å². The van der Waals surface area contributed by atoms with Gasteiger partial charge in [0.05, 0.1) is 37.1 Å². The summed E-state index contributed by atoms with van der Waals surface area (Å²) in [7, 11) is 0. The third kappa shape index (κ3) is 6.62. The molecule has 12 heteroatoms. The van der Waals surface area contributed by atoms with Crippen LogP contribution in [0.4, 0.5) is 4.39 Å². The zero-order valence-electron chi connectivity index (χ0n) is 22.9. The average Bonchev–Trinajstić information content (AvgIpc) is 3.26. The van der Waals surface area contributed by atoms with E-state index in [1.165, 1.54) is 11.2 Å². The number of hydrogen-bond acceptors (Lipinski definition) is 9. The predicted molar refractivity (Wildman–Crippen MR) is 142 cm³/mol. The lowest BCUT2D eigenvalue weighted by molar-refractivity contribution is -0.142. The molecule has 4 rings (SSSR count). The van der Waals surface area contributed by atoms with Gasteiger partial charge in [-0.1, -0.05) is 26.0 Å². The molecule has 1 atom stereocenters. The van der Waals surface area contributed by atoms with Gasteiger partial charge in [0.1, 0.15) is 12.6 Å². The first-order valence-electron chi connectivity index (χ1n) is 13.3. The molecule has 1 aromatic carbocycles. The Kier molecular flexibility index (Phi) is 10.7. The SMILES string of the molecule is CC.C\C=C/C=C1/C(=O)N(C2CCC(=O)NC2=O)C/C1=C\OCc1c(O)c(O)c(CN2CCOCC2)c(O)c1F. The van der Waals surface area contributed by atoms with Crippen LogP contribution in [0, 0.1) is 5.82 Å². The van der Waals surface area contributed by atoms with Crippen LogP contribution in [0.2, 0.25) is 0 Å². The summed E-state index contributed by atoms with van der Waals surface area (Å²) >= 11 is 0. The molecule has 1 unspecified atom stereocenters. The number of phenols is 3. The summed E-state index contributed by atoms with van der Waals surface area (Å²) in [5.41, 5.74) is 0.0638. The van der Waals surface area contributed by atoms with E-state index in [-0.39, 0.29) is 37.1 Å². The Hall–Kier alpha value is -3.90. The summed E-state index contributed by atoms with van der Waals surface area (Å²) in [6.07, 6.45) is 6.43. The summed E-state index contributed by atoms with van der Waals surface area (Å²) < 4.78 is 25.8. The number of ether oxygens (including phenoxy) is 2. The van der Waals surface area contributed by atoms with E-state index in [0.717, 1.165) is 0 Å². The molecule has 40 heavy (non-hydrogen) atoms. The molecule has 218 valence electrons. The first kappa shape index (κ1) is 30.6. The Morgan fingerprint density at radius 3 is 2.40 bits per heavy atom.